The lowest BCUT2D eigenvalue weighted by atomic mass is 10.1. The maximum Gasteiger partial charge on any atom is 0.344 e. The molecule has 0 N–H and O–H groups in total. The molecule has 0 fully saturated rings. The first kappa shape index (κ1) is 18.0. The summed E-state index contributed by atoms with van der Waals surface area (Å²) in [6.45, 7) is -0.366. The SMILES string of the molecule is O=C(COc1ccc(Cl)c2ccccc12)OCc1nnc(-c2ccccc2)o1. The second kappa shape index (κ2) is 8.10. The number of nitrogens with zero attached hydrogens (tertiary/aromatic N) is 2. The van der Waals surface area contributed by atoms with Gasteiger partial charge in [-0.2, -0.15) is 0 Å². The molecule has 3 aromatic carbocycles. The largest absolute Gasteiger partial charge is 0.481 e. The molecule has 6 nitrogen and oxygen atoms in total. The number of aromatic nitrogens is 2. The Morgan fingerprint density at radius 1 is 0.929 bits per heavy atom. The van der Waals surface area contributed by atoms with E-state index in [4.69, 9.17) is 25.5 Å². The lowest BCUT2D eigenvalue weighted by molar-refractivity contribution is -0.148. The molecule has 0 unspecified atom stereocenters. The topological polar surface area (TPSA) is 74.5 Å². The zero-order valence-electron chi connectivity index (χ0n) is 14.7. The predicted octanol–water partition coefficient (Wildman–Crippen LogP) is 4.67. The van der Waals surface area contributed by atoms with Gasteiger partial charge in [0.05, 0.1) is 0 Å². The molecule has 0 aliphatic rings. The summed E-state index contributed by atoms with van der Waals surface area (Å²) in [5.74, 6) is 0.597. The van der Waals surface area contributed by atoms with Gasteiger partial charge in [0.15, 0.2) is 13.2 Å². The van der Waals surface area contributed by atoms with Crippen LogP contribution in [0.2, 0.25) is 5.02 Å². The van der Waals surface area contributed by atoms with E-state index in [1.807, 2.05) is 54.6 Å². The average molecular weight is 395 g/mol. The first-order valence-electron chi connectivity index (χ1n) is 8.54. The number of benzene rings is 3. The van der Waals surface area contributed by atoms with Crippen LogP contribution in [0.1, 0.15) is 5.89 Å². The minimum Gasteiger partial charge on any atom is -0.481 e. The molecule has 0 saturated carbocycles. The maximum atomic E-state index is 12.0. The third kappa shape index (κ3) is 3.97. The number of carbonyl (C=O) groups is 1. The summed E-state index contributed by atoms with van der Waals surface area (Å²) in [5, 5.41) is 10.1. The third-order valence-corrected chi connectivity index (χ3v) is 4.35. The highest BCUT2D eigenvalue weighted by Gasteiger charge is 2.12. The quantitative estimate of drug-likeness (QED) is 0.442. The predicted molar refractivity (Wildman–Crippen MR) is 104 cm³/mol. The lowest BCUT2D eigenvalue weighted by Gasteiger charge is -2.09. The van der Waals surface area contributed by atoms with Gasteiger partial charge in [-0.15, -0.1) is 10.2 Å². The zero-order chi connectivity index (χ0) is 19.3. The van der Waals surface area contributed by atoms with E-state index < -0.39 is 5.97 Å². The molecule has 1 aromatic heterocycles. The maximum absolute atomic E-state index is 12.0. The summed E-state index contributed by atoms with van der Waals surface area (Å²) in [6.07, 6.45) is 0. The Kier molecular flexibility index (Phi) is 5.21. The van der Waals surface area contributed by atoms with Crippen LogP contribution >= 0.6 is 11.6 Å². The summed E-state index contributed by atoms with van der Waals surface area (Å²) in [7, 11) is 0. The van der Waals surface area contributed by atoms with Crippen molar-refractivity contribution in [3.8, 4) is 17.2 Å². The number of ether oxygens (including phenoxy) is 2. The lowest BCUT2D eigenvalue weighted by Crippen LogP contribution is -2.15. The number of hydrogen-bond donors (Lipinski definition) is 0. The first-order valence-corrected chi connectivity index (χ1v) is 8.92. The van der Waals surface area contributed by atoms with E-state index >= 15 is 0 Å². The number of carbonyl (C=O) groups excluding carboxylic acids is 1. The Morgan fingerprint density at radius 2 is 1.68 bits per heavy atom. The number of rotatable bonds is 6. The Morgan fingerprint density at radius 3 is 2.50 bits per heavy atom. The summed E-state index contributed by atoms with van der Waals surface area (Å²) >= 11 is 6.19. The van der Waals surface area contributed by atoms with Crippen molar-refractivity contribution in [2.45, 2.75) is 6.61 Å². The van der Waals surface area contributed by atoms with Gasteiger partial charge in [0.1, 0.15) is 5.75 Å². The molecular formula is C21H15ClN2O4. The Bertz CT molecular complexity index is 1110. The van der Waals surface area contributed by atoms with Crippen LogP contribution in [0.5, 0.6) is 5.75 Å². The van der Waals surface area contributed by atoms with Gasteiger partial charge in [-0.25, -0.2) is 4.79 Å². The van der Waals surface area contributed by atoms with Crippen molar-refractivity contribution in [2.75, 3.05) is 6.61 Å². The van der Waals surface area contributed by atoms with E-state index in [9.17, 15) is 4.79 Å². The van der Waals surface area contributed by atoms with Gasteiger partial charge in [-0.3, -0.25) is 0 Å². The van der Waals surface area contributed by atoms with Crippen LogP contribution in [-0.4, -0.2) is 22.8 Å². The van der Waals surface area contributed by atoms with Gasteiger partial charge in [0, 0.05) is 21.4 Å². The third-order valence-electron chi connectivity index (χ3n) is 4.02. The summed E-state index contributed by atoms with van der Waals surface area (Å²) < 4.78 is 16.2. The van der Waals surface area contributed by atoms with Crippen molar-refractivity contribution in [1.82, 2.24) is 10.2 Å². The van der Waals surface area contributed by atoms with Crippen molar-refractivity contribution >= 4 is 28.3 Å². The molecule has 0 atom stereocenters. The van der Waals surface area contributed by atoms with E-state index in [1.165, 1.54) is 0 Å². The van der Waals surface area contributed by atoms with E-state index in [-0.39, 0.29) is 19.1 Å². The highest BCUT2D eigenvalue weighted by molar-refractivity contribution is 6.35. The molecule has 0 bridgehead atoms. The standard InChI is InChI=1S/C21H15ClN2O4/c22-17-10-11-18(16-9-5-4-8-15(16)17)26-13-20(25)27-12-19-23-24-21(28-19)14-6-2-1-3-7-14/h1-11H,12-13H2. The number of esters is 1. The van der Waals surface area contributed by atoms with Crippen LogP contribution in [0.3, 0.4) is 0 Å². The van der Waals surface area contributed by atoms with Gasteiger partial charge in [0.25, 0.3) is 5.89 Å². The second-order valence-electron chi connectivity index (χ2n) is 5.91. The van der Waals surface area contributed by atoms with E-state index in [1.54, 1.807) is 12.1 Å². The van der Waals surface area contributed by atoms with Crippen LogP contribution in [-0.2, 0) is 16.1 Å². The van der Waals surface area contributed by atoms with Crippen LogP contribution in [0.25, 0.3) is 22.2 Å². The first-order chi connectivity index (χ1) is 13.7. The number of fused-ring (bicyclic) bond motifs is 1. The highest BCUT2D eigenvalue weighted by atomic mass is 35.5. The molecular weight excluding hydrogens is 380 g/mol. The van der Waals surface area contributed by atoms with Crippen LogP contribution in [0.15, 0.2) is 71.1 Å². The van der Waals surface area contributed by atoms with Crippen LogP contribution in [0.4, 0.5) is 0 Å². The van der Waals surface area contributed by atoms with Crippen LogP contribution < -0.4 is 4.74 Å². The normalized spacial score (nSPS) is 10.8. The fourth-order valence-electron chi connectivity index (χ4n) is 2.69. The molecule has 4 aromatic rings. The summed E-state index contributed by atoms with van der Waals surface area (Å²) in [5.41, 5.74) is 0.797. The summed E-state index contributed by atoms with van der Waals surface area (Å²) in [4.78, 5) is 12.0. The molecule has 1 heterocycles. The molecule has 0 amide bonds. The van der Waals surface area contributed by atoms with Crippen molar-refractivity contribution in [2.24, 2.45) is 0 Å². The van der Waals surface area contributed by atoms with Gasteiger partial charge in [0.2, 0.25) is 5.89 Å². The molecule has 0 radical (unpaired) electrons. The van der Waals surface area contributed by atoms with Gasteiger partial charge in [-0.1, -0.05) is 54.1 Å². The molecule has 7 heteroatoms. The smallest absolute Gasteiger partial charge is 0.344 e. The fourth-order valence-corrected chi connectivity index (χ4v) is 2.92. The van der Waals surface area contributed by atoms with Crippen molar-refractivity contribution < 1.29 is 18.7 Å². The number of halogens is 1. The zero-order valence-corrected chi connectivity index (χ0v) is 15.4. The van der Waals surface area contributed by atoms with E-state index in [0.717, 1.165) is 16.3 Å². The average Bonchev–Trinajstić information content (AvgIpc) is 3.22. The van der Waals surface area contributed by atoms with Crippen molar-refractivity contribution in [3.05, 3.63) is 77.6 Å². The summed E-state index contributed by atoms with van der Waals surface area (Å²) in [6, 6.07) is 20.3. The molecule has 0 aliphatic carbocycles. The molecule has 0 saturated heterocycles. The Labute approximate surface area is 165 Å². The molecule has 0 aliphatic heterocycles. The Hall–Kier alpha value is -3.38. The van der Waals surface area contributed by atoms with Gasteiger partial charge >= 0.3 is 5.97 Å². The second-order valence-corrected chi connectivity index (χ2v) is 6.31. The van der Waals surface area contributed by atoms with Crippen molar-refractivity contribution in [3.63, 3.8) is 0 Å². The van der Waals surface area contributed by atoms with E-state index in [2.05, 4.69) is 10.2 Å². The van der Waals surface area contributed by atoms with Crippen LogP contribution in [0, 0.1) is 0 Å². The minimum absolute atomic E-state index is 0.122. The highest BCUT2D eigenvalue weighted by Crippen LogP contribution is 2.31. The van der Waals surface area contributed by atoms with E-state index in [0.29, 0.717) is 16.7 Å². The molecule has 0 spiro atoms. The van der Waals surface area contributed by atoms with Gasteiger partial charge < -0.3 is 13.9 Å². The fraction of sp³-hybridized carbons (Fsp3) is 0.0952. The molecule has 28 heavy (non-hydrogen) atoms. The molecule has 4 rings (SSSR count). The Balaban J connectivity index is 1.35. The number of hydrogen-bond acceptors (Lipinski definition) is 6. The van der Waals surface area contributed by atoms with Gasteiger partial charge in [-0.05, 0) is 24.3 Å². The van der Waals surface area contributed by atoms with Crippen molar-refractivity contribution in [1.29, 1.82) is 0 Å². The molecule has 140 valence electrons. The monoisotopic (exact) mass is 394 g/mol. The minimum atomic E-state index is -0.543.